The van der Waals surface area contributed by atoms with Crippen molar-refractivity contribution in [3.63, 3.8) is 0 Å². The SMILES string of the molecule is O=C(CSc1ccc(C(F)(F)F)cn1)Nc1ccc(OC(F)(F)F)cc1. The number of rotatable bonds is 5. The first-order valence-electron chi connectivity index (χ1n) is 6.85. The largest absolute Gasteiger partial charge is 0.573 e. The van der Waals surface area contributed by atoms with Crippen LogP contribution in [0.1, 0.15) is 5.56 Å². The molecule has 140 valence electrons. The number of nitrogens with zero attached hydrogens (tertiary/aromatic N) is 1. The summed E-state index contributed by atoms with van der Waals surface area (Å²) in [4.78, 5) is 15.4. The van der Waals surface area contributed by atoms with Crippen molar-refractivity contribution < 1.29 is 35.9 Å². The van der Waals surface area contributed by atoms with Gasteiger partial charge >= 0.3 is 12.5 Å². The van der Waals surface area contributed by atoms with Crippen LogP contribution in [0.4, 0.5) is 32.0 Å². The molecule has 0 atom stereocenters. The predicted octanol–water partition coefficient (Wildman–Crippen LogP) is 4.73. The Morgan fingerprint density at radius 3 is 2.19 bits per heavy atom. The summed E-state index contributed by atoms with van der Waals surface area (Å²) >= 11 is 0.914. The summed E-state index contributed by atoms with van der Waals surface area (Å²) in [5.41, 5.74) is -0.655. The molecule has 0 saturated heterocycles. The van der Waals surface area contributed by atoms with Gasteiger partial charge in [0.25, 0.3) is 0 Å². The highest BCUT2D eigenvalue weighted by molar-refractivity contribution is 7.99. The van der Waals surface area contributed by atoms with Gasteiger partial charge in [0.05, 0.1) is 16.3 Å². The smallest absolute Gasteiger partial charge is 0.406 e. The molecule has 0 aliphatic carbocycles. The quantitative estimate of drug-likeness (QED) is 0.587. The molecule has 0 bridgehead atoms. The summed E-state index contributed by atoms with van der Waals surface area (Å²) in [6.07, 6.45) is -8.63. The van der Waals surface area contributed by atoms with E-state index in [4.69, 9.17) is 0 Å². The Balaban J connectivity index is 1.85. The Morgan fingerprint density at radius 1 is 1.04 bits per heavy atom. The maximum atomic E-state index is 12.4. The molecule has 1 N–H and O–H groups in total. The number of hydrogen-bond donors (Lipinski definition) is 1. The van der Waals surface area contributed by atoms with E-state index >= 15 is 0 Å². The number of hydrogen-bond acceptors (Lipinski definition) is 4. The molecule has 0 aliphatic heterocycles. The van der Waals surface area contributed by atoms with Crippen LogP contribution in [0, 0.1) is 0 Å². The summed E-state index contributed by atoms with van der Waals surface area (Å²) in [6.45, 7) is 0. The van der Waals surface area contributed by atoms with Crippen LogP contribution in [0.25, 0.3) is 0 Å². The number of anilines is 1. The van der Waals surface area contributed by atoms with Crippen molar-refractivity contribution in [2.45, 2.75) is 17.6 Å². The van der Waals surface area contributed by atoms with Gasteiger partial charge in [-0.3, -0.25) is 4.79 Å². The maximum absolute atomic E-state index is 12.4. The fourth-order valence-corrected chi connectivity index (χ4v) is 2.35. The van der Waals surface area contributed by atoms with Gasteiger partial charge in [-0.1, -0.05) is 11.8 Å². The van der Waals surface area contributed by atoms with Gasteiger partial charge in [-0.25, -0.2) is 4.98 Å². The summed E-state index contributed by atoms with van der Waals surface area (Å²) in [5.74, 6) is -1.07. The van der Waals surface area contributed by atoms with E-state index in [9.17, 15) is 31.1 Å². The first-order chi connectivity index (χ1) is 12.0. The molecule has 0 saturated carbocycles. The summed E-state index contributed by atoms with van der Waals surface area (Å²) in [5, 5.41) is 2.66. The monoisotopic (exact) mass is 396 g/mol. The van der Waals surface area contributed by atoms with Crippen LogP contribution in [0.5, 0.6) is 5.75 Å². The van der Waals surface area contributed by atoms with Crippen molar-refractivity contribution in [1.82, 2.24) is 4.98 Å². The van der Waals surface area contributed by atoms with E-state index in [0.717, 1.165) is 36.0 Å². The average molecular weight is 396 g/mol. The molecule has 26 heavy (non-hydrogen) atoms. The van der Waals surface area contributed by atoms with E-state index < -0.39 is 29.8 Å². The Labute approximate surface area is 147 Å². The molecule has 1 aromatic carbocycles. The number of aromatic nitrogens is 1. The molecule has 0 fully saturated rings. The van der Waals surface area contributed by atoms with Crippen molar-refractivity contribution in [2.75, 3.05) is 11.1 Å². The lowest BCUT2D eigenvalue weighted by Gasteiger charge is -2.10. The lowest BCUT2D eigenvalue weighted by atomic mass is 10.3. The molecule has 0 spiro atoms. The molecule has 4 nitrogen and oxygen atoms in total. The molecule has 11 heteroatoms. The van der Waals surface area contributed by atoms with Gasteiger partial charge in [-0.2, -0.15) is 13.2 Å². The Hall–Kier alpha value is -2.43. The van der Waals surface area contributed by atoms with E-state index in [1.165, 1.54) is 12.1 Å². The van der Waals surface area contributed by atoms with Gasteiger partial charge in [0.1, 0.15) is 5.75 Å². The molecule has 0 radical (unpaired) electrons. The average Bonchev–Trinajstić information content (AvgIpc) is 2.53. The van der Waals surface area contributed by atoms with Crippen LogP contribution >= 0.6 is 11.8 Å². The summed E-state index contributed by atoms with van der Waals surface area (Å²) in [7, 11) is 0. The van der Waals surface area contributed by atoms with Crippen LogP contribution in [-0.2, 0) is 11.0 Å². The third kappa shape index (κ3) is 6.47. The second kappa shape index (κ2) is 7.85. The molecule has 0 aliphatic rings. The number of carbonyl (C=O) groups excluding carboxylic acids is 1. The first kappa shape index (κ1) is 19.9. The highest BCUT2D eigenvalue weighted by Gasteiger charge is 2.31. The zero-order valence-corrected chi connectivity index (χ0v) is 13.5. The maximum Gasteiger partial charge on any atom is 0.573 e. The van der Waals surface area contributed by atoms with Crippen molar-refractivity contribution in [2.24, 2.45) is 0 Å². The van der Waals surface area contributed by atoms with Crippen LogP contribution in [0.3, 0.4) is 0 Å². The number of amides is 1. The standard InChI is InChI=1S/C15H10F6N2O2S/c16-14(17,18)9-1-6-13(22-7-9)26-8-12(24)23-10-2-4-11(5-3-10)25-15(19,20)21/h1-7H,8H2,(H,23,24). The second-order valence-electron chi connectivity index (χ2n) is 4.79. The van der Waals surface area contributed by atoms with E-state index in [1.54, 1.807) is 0 Å². The van der Waals surface area contributed by atoms with Crippen LogP contribution < -0.4 is 10.1 Å². The van der Waals surface area contributed by atoms with Crippen LogP contribution in [0.2, 0.25) is 0 Å². The molecule has 0 unspecified atom stereocenters. The Morgan fingerprint density at radius 2 is 1.69 bits per heavy atom. The molecular weight excluding hydrogens is 386 g/mol. The Kier molecular flexibility index (Phi) is 6.01. The van der Waals surface area contributed by atoms with E-state index in [2.05, 4.69) is 15.0 Å². The zero-order chi connectivity index (χ0) is 19.4. The predicted molar refractivity (Wildman–Crippen MR) is 81.7 cm³/mol. The van der Waals surface area contributed by atoms with Crippen LogP contribution in [0.15, 0.2) is 47.6 Å². The highest BCUT2D eigenvalue weighted by Crippen LogP contribution is 2.29. The van der Waals surface area contributed by atoms with Gasteiger partial charge in [0, 0.05) is 11.9 Å². The minimum absolute atomic E-state index is 0.140. The number of nitrogens with one attached hydrogen (secondary N) is 1. The number of ether oxygens (including phenoxy) is 1. The number of carbonyl (C=O) groups is 1. The number of benzene rings is 1. The minimum Gasteiger partial charge on any atom is -0.406 e. The third-order valence-corrected chi connectivity index (χ3v) is 3.73. The number of halogens is 6. The lowest BCUT2D eigenvalue weighted by Crippen LogP contribution is -2.17. The van der Waals surface area contributed by atoms with Gasteiger partial charge < -0.3 is 10.1 Å². The van der Waals surface area contributed by atoms with Crippen molar-refractivity contribution in [3.05, 3.63) is 48.2 Å². The van der Waals surface area contributed by atoms with E-state index in [1.807, 2.05) is 0 Å². The van der Waals surface area contributed by atoms with Crippen molar-refractivity contribution >= 4 is 23.4 Å². The normalized spacial score (nSPS) is 11.9. The highest BCUT2D eigenvalue weighted by atomic mass is 32.2. The van der Waals surface area contributed by atoms with Crippen LogP contribution in [-0.4, -0.2) is 23.0 Å². The second-order valence-corrected chi connectivity index (χ2v) is 5.79. The molecular formula is C15H10F6N2O2S. The van der Waals surface area contributed by atoms with Gasteiger partial charge in [-0.15, -0.1) is 13.2 Å². The lowest BCUT2D eigenvalue weighted by molar-refractivity contribution is -0.274. The fourth-order valence-electron chi connectivity index (χ4n) is 1.71. The van der Waals surface area contributed by atoms with E-state index in [-0.39, 0.29) is 16.5 Å². The van der Waals surface area contributed by atoms with E-state index in [0.29, 0.717) is 6.20 Å². The van der Waals surface area contributed by atoms with Crippen molar-refractivity contribution in [1.29, 1.82) is 0 Å². The topological polar surface area (TPSA) is 51.2 Å². The first-order valence-corrected chi connectivity index (χ1v) is 7.83. The summed E-state index contributed by atoms with van der Waals surface area (Å²) in [6, 6.07) is 6.51. The molecule has 1 amide bonds. The fraction of sp³-hybridized carbons (Fsp3) is 0.200. The number of thioether (sulfide) groups is 1. The molecule has 1 heterocycles. The molecule has 2 aromatic rings. The Bertz CT molecular complexity index is 745. The minimum atomic E-state index is -4.81. The molecule has 2 rings (SSSR count). The third-order valence-electron chi connectivity index (χ3n) is 2.79. The summed E-state index contributed by atoms with van der Waals surface area (Å²) < 4.78 is 77.1. The number of pyridine rings is 1. The number of alkyl halides is 6. The zero-order valence-electron chi connectivity index (χ0n) is 12.7. The molecule has 1 aromatic heterocycles. The van der Waals surface area contributed by atoms with Crippen molar-refractivity contribution in [3.8, 4) is 5.75 Å². The van der Waals surface area contributed by atoms with Gasteiger partial charge in [0.15, 0.2) is 0 Å². The van der Waals surface area contributed by atoms with Gasteiger partial charge in [0.2, 0.25) is 5.91 Å². The van der Waals surface area contributed by atoms with Gasteiger partial charge in [-0.05, 0) is 36.4 Å².